The number of carbonyl (C=O) groups excluding carboxylic acids is 2. The third-order valence-electron chi connectivity index (χ3n) is 1.07. The summed E-state index contributed by atoms with van der Waals surface area (Å²) >= 11 is 0. The molecule has 1 radical (unpaired) electrons. The summed E-state index contributed by atoms with van der Waals surface area (Å²) in [6, 6.07) is 3.49. The molecule has 3 nitrogen and oxygen atoms in total. The second kappa shape index (κ2) is 16.0. The third kappa shape index (κ3) is 13.6. The Kier molecular flexibility index (Phi) is 25.7. The first-order valence-corrected chi connectivity index (χ1v) is 3.42. The van der Waals surface area contributed by atoms with Crippen LogP contribution in [0.1, 0.15) is 24.2 Å². The summed E-state index contributed by atoms with van der Waals surface area (Å²) in [5.41, 5.74) is 0.664. The van der Waals surface area contributed by atoms with Gasteiger partial charge in [0, 0.05) is 18.0 Å². The molecule has 0 spiro atoms. The minimum Gasteiger partial charge on any atom is -1.00 e. The van der Waals surface area contributed by atoms with Gasteiger partial charge in [0.25, 0.3) is 0 Å². The van der Waals surface area contributed by atoms with Gasteiger partial charge in [-0.25, -0.2) is 0 Å². The van der Waals surface area contributed by atoms with Gasteiger partial charge in [-0.15, -0.1) is 0 Å². The molecular formula is C9H10Cl2FeNO2. The zero-order valence-corrected chi connectivity index (χ0v) is 10.8. The zero-order chi connectivity index (χ0) is 9.40. The van der Waals surface area contributed by atoms with Crippen molar-refractivity contribution in [2.75, 3.05) is 0 Å². The summed E-state index contributed by atoms with van der Waals surface area (Å²) in [6.07, 6.45) is 4.70. The number of rotatable bonds is 1. The van der Waals surface area contributed by atoms with Crippen LogP contribution in [0.15, 0.2) is 24.5 Å². The number of nitrogens with zero attached hydrogens (tertiary/aromatic N) is 1. The van der Waals surface area contributed by atoms with Crippen molar-refractivity contribution in [3.05, 3.63) is 30.1 Å². The fourth-order valence-electron chi connectivity index (χ4n) is 0.571. The van der Waals surface area contributed by atoms with Gasteiger partial charge in [-0.2, -0.15) is 6.92 Å². The smallest absolute Gasteiger partial charge is 1.00 e. The molecule has 6 heteroatoms. The number of carbonyl (C=O) groups is 1. The molecule has 15 heavy (non-hydrogen) atoms. The standard InChI is InChI=1S/C7H7NO.C2H3O.2ClH.Fe/c1-6(9)7-3-2-4-8-5-7;1-2-3;;;/h2-5H,1H3;1H3;2*1H;/q;-1;;;+3/p-2. The van der Waals surface area contributed by atoms with Gasteiger partial charge < -0.3 is 29.6 Å². The van der Waals surface area contributed by atoms with Crippen molar-refractivity contribution in [1.82, 2.24) is 4.98 Å². The molecule has 85 valence electrons. The van der Waals surface area contributed by atoms with Crippen LogP contribution in [0, 0.1) is 0 Å². The van der Waals surface area contributed by atoms with E-state index < -0.39 is 0 Å². The van der Waals surface area contributed by atoms with Gasteiger partial charge in [0.15, 0.2) is 5.78 Å². The van der Waals surface area contributed by atoms with Gasteiger partial charge >= 0.3 is 17.1 Å². The minimum atomic E-state index is 0. The van der Waals surface area contributed by atoms with E-state index in [-0.39, 0.29) is 47.7 Å². The molecule has 0 fully saturated rings. The van der Waals surface area contributed by atoms with Crippen LogP contribution in [-0.2, 0) is 21.9 Å². The van der Waals surface area contributed by atoms with Crippen LogP contribution in [-0.4, -0.2) is 17.1 Å². The first-order chi connectivity index (χ1) is 5.72. The van der Waals surface area contributed by atoms with Crippen LogP contribution >= 0.6 is 0 Å². The summed E-state index contributed by atoms with van der Waals surface area (Å²) in [5, 5.41) is 0. The van der Waals surface area contributed by atoms with Gasteiger partial charge in [0.1, 0.15) is 0 Å². The number of hydrogen-bond acceptors (Lipinski definition) is 3. The number of pyridine rings is 1. The minimum absolute atomic E-state index is 0. The Morgan fingerprint density at radius 1 is 1.40 bits per heavy atom. The van der Waals surface area contributed by atoms with Crippen LogP contribution in [0.2, 0.25) is 0 Å². The molecule has 0 bridgehead atoms. The van der Waals surface area contributed by atoms with E-state index in [2.05, 4.69) is 4.98 Å². The molecule has 0 saturated carbocycles. The average molecular weight is 291 g/mol. The first-order valence-electron chi connectivity index (χ1n) is 3.42. The monoisotopic (exact) mass is 290 g/mol. The van der Waals surface area contributed by atoms with E-state index in [1.165, 1.54) is 20.1 Å². The van der Waals surface area contributed by atoms with E-state index >= 15 is 0 Å². The van der Waals surface area contributed by atoms with Crippen LogP contribution in [0.25, 0.3) is 0 Å². The second-order valence-electron chi connectivity index (χ2n) is 2.00. The molecule has 1 aromatic rings. The maximum Gasteiger partial charge on any atom is 3.00 e. The molecule has 1 aromatic heterocycles. The number of ketones is 1. The van der Waals surface area contributed by atoms with E-state index in [4.69, 9.17) is 4.79 Å². The fourth-order valence-corrected chi connectivity index (χ4v) is 0.571. The second-order valence-corrected chi connectivity index (χ2v) is 2.00. The van der Waals surface area contributed by atoms with E-state index in [0.717, 1.165) is 0 Å². The van der Waals surface area contributed by atoms with Crippen LogP contribution in [0.3, 0.4) is 0 Å². The Labute approximate surface area is 112 Å². The summed E-state index contributed by atoms with van der Waals surface area (Å²) in [5.74, 6) is 0.0584. The van der Waals surface area contributed by atoms with Crippen molar-refractivity contribution in [1.29, 1.82) is 0 Å². The summed E-state index contributed by atoms with van der Waals surface area (Å²) < 4.78 is 0. The van der Waals surface area contributed by atoms with Gasteiger partial charge in [-0.1, -0.05) is 0 Å². The largest absolute Gasteiger partial charge is 3.00 e. The van der Waals surface area contributed by atoms with Crippen LogP contribution in [0.5, 0.6) is 0 Å². The first kappa shape index (κ1) is 24.0. The average Bonchev–Trinajstić information content (AvgIpc) is 2.07. The van der Waals surface area contributed by atoms with Crippen molar-refractivity contribution in [3.8, 4) is 0 Å². The molecule has 1 rings (SSSR count). The summed E-state index contributed by atoms with van der Waals surface area (Å²) in [4.78, 5) is 23.1. The fraction of sp³-hybridized carbons (Fsp3) is 0.222. The van der Waals surface area contributed by atoms with Gasteiger partial charge in [-0.3, -0.25) is 16.1 Å². The molecule has 0 aromatic carbocycles. The molecule has 0 aliphatic heterocycles. The molecule has 0 saturated heterocycles. The van der Waals surface area contributed by atoms with E-state index in [9.17, 15) is 4.79 Å². The predicted molar refractivity (Wildman–Crippen MR) is 45.6 cm³/mol. The van der Waals surface area contributed by atoms with Crippen molar-refractivity contribution in [3.63, 3.8) is 0 Å². The van der Waals surface area contributed by atoms with Crippen molar-refractivity contribution in [2.45, 2.75) is 13.8 Å². The van der Waals surface area contributed by atoms with Crippen LogP contribution < -0.4 is 24.8 Å². The van der Waals surface area contributed by atoms with Gasteiger partial charge in [0.2, 0.25) is 0 Å². The zero-order valence-electron chi connectivity index (χ0n) is 8.18. The maximum atomic E-state index is 10.6. The number of Topliss-reactive ketones (excluding diaryl/α,β-unsaturated/α-hetero) is 1. The molecule has 0 aliphatic rings. The Morgan fingerprint density at radius 3 is 2.07 bits per heavy atom. The van der Waals surface area contributed by atoms with Gasteiger partial charge in [-0.05, 0) is 19.1 Å². The topological polar surface area (TPSA) is 47.0 Å². The third-order valence-corrected chi connectivity index (χ3v) is 1.07. The maximum absolute atomic E-state index is 10.6. The number of aromatic nitrogens is 1. The molecular weight excluding hydrogens is 281 g/mol. The quantitative estimate of drug-likeness (QED) is 0.297. The van der Waals surface area contributed by atoms with E-state index in [0.29, 0.717) is 5.56 Å². The summed E-state index contributed by atoms with van der Waals surface area (Å²) in [7, 11) is 0. The Morgan fingerprint density at radius 2 is 1.87 bits per heavy atom. The van der Waals surface area contributed by atoms with Gasteiger partial charge in [0.05, 0.1) is 0 Å². The Balaban J connectivity index is -0.0000000917. The number of hydrogen-bond donors (Lipinski definition) is 0. The Bertz CT molecular complexity index is 258. The summed E-state index contributed by atoms with van der Waals surface area (Å²) in [6.45, 7) is 2.84. The van der Waals surface area contributed by atoms with Crippen LogP contribution in [0.4, 0.5) is 0 Å². The molecule has 0 aliphatic carbocycles. The van der Waals surface area contributed by atoms with E-state index in [1.54, 1.807) is 24.5 Å². The predicted octanol–water partition coefficient (Wildman–Crippen LogP) is -4.59. The molecule has 1 heterocycles. The normalized spacial score (nSPS) is 6.27. The molecule has 0 N–H and O–H groups in total. The van der Waals surface area contributed by atoms with Crippen molar-refractivity contribution < 1.29 is 51.5 Å². The molecule has 0 unspecified atom stereocenters. The SMILES string of the molecule is CC(=O)c1cccnc1.C[C-]=O.[Cl-].[Cl-].[Fe+3]. The molecule has 0 amide bonds. The molecule has 0 atom stereocenters. The van der Waals surface area contributed by atoms with Crippen molar-refractivity contribution >= 4 is 12.1 Å². The van der Waals surface area contributed by atoms with Crippen molar-refractivity contribution in [2.24, 2.45) is 0 Å². The Hall–Kier alpha value is -0.411. The van der Waals surface area contributed by atoms with E-state index in [1.807, 2.05) is 0 Å². The number of halogens is 2.